The quantitative estimate of drug-likeness (QED) is 0.704. The van der Waals surface area contributed by atoms with Crippen LogP contribution in [0.4, 0.5) is 5.69 Å². The van der Waals surface area contributed by atoms with Crippen molar-refractivity contribution in [1.29, 1.82) is 0 Å². The normalized spacial score (nSPS) is 12.7. The van der Waals surface area contributed by atoms with Crippen LogP contribution in [0.3, 0.4) is 0 Å². The van der Waals surface area contributed by atoms with Crippen LogP contribution in [0.2, 0.25) is 0 Å². The Hall–Kier alpha value is -3.93. The molecule has 3 aromatic carbocycles. The molecule has 0 aliphatic carbocycles. The molecule has 1 N–H and O–H groups in total. The second-order valence-corrected chi connectivity index (χ2v) is 6.30. The first-order valence-electron chi connectivity index (χ1n) is 8.64. The van der Waals surface area contributed by atoms with Gasteiger partial charge in [0.25, 0.3) is 17.7 Å². The van der Waals surface area contributed by atoms with E-state index in [-0.39, 0.29) is 23.3 Å². The number of hydrogen-bond acceptors (Lipinski definition) is 4. The maximum atomic E-state index is 12.8. The number of para-hydroxylation sites is 2. The van der Waals surface area contributed by atoms with Crippen LogP contribution in [0.5, 0.6) is 11.5 Å². The van der Waals surface area contributed by atoms with E-state index in [2.05, 4.69) is 5.32 Å². The van der Waals surface area contributed by atoms with Gasteiger partial charge in [-0.25, -0.2) is 0 Å². The van der Waals surface area contributed by atoms with Gasteiger partial charge >= 0.3 is 0 Å². The van der Waals surface area contributed by atoms with Crippen LogP contribution < -0.4 is 10.1 Å². The number of amides is 3. The number of rotatable bonds is 4. The lowest BCUT2D eigenvalue weighted by atomic mass is 10.1. The molecule has 0 unspecified atom stereocenters. The van der Waals surface area contributed by atoms with Gasteiger partial charge in [-0.15, -0.1) is 0 Å². The van der Waals surface area contributed by atoms with Gasteiger partial charge in [-0.3, -0.25) is 19.3 Å². The van der Waals surface area contributed by atoms with E-state index in [1.807, 2.05) is 18.2 Å². The zero-order chi connectivity index (χ0) is 19.7. The number of nitrogens with zero attached hydrogens (tertiary/aromatic N) is 1. The number of imide groups is 1. The number of fused-ring (bicyclic) bond motifs is 1. The van der Waals surface area contributed by atoms with Crippen molar-refractivity contribution in [3.63, 3.8) is 0 Å². The Bertz CT molecular complexity index is 1090. The van der Waals surface area contributed by atoms with E-state index in [1.165, 1.54) is 13.1 Å². The molecule has 6 heteroatoms. The molecule has 0 bridgehead atoms. The molecule has 0 aromatic heterocycles. The molecular weight excluding hydrogens is 356 g/mol. The van der Waals surface area contributed by atoms with Crippen LogP contribution in [0.1, 0.15) is 31.1 Å². The van der Waals surface area contributed by atoms with E-state index in [1.54, 1.807) is 48.5 Å². The summed E-state index contributed by atoms with van der Waals surface area (Å²) < 4.78 is 5.82. The maximum Gasteiger partial charge on any atom is 0.261 e. The Kier molecular flexibility index (Phi) is 4.37. The summed E-state index contributed by atoms with van der Waals surface area (Å²) in [5.41, 5.74) is 1.39. The molecule has 28 heavy (non-hydrogen) atoms. The largest absolute Gasteiger partial charge is 0.457 e. The van der Waals surface area contributed by atoms with Crippen molar-refractivity contribution in [3.8, 4) is 11.5 Å². The van der Waals surface area contributed by atoms with Gasteiger partial charge in [-0.05, 0) is 42.5 Å². The van der Waals surface area contributed by atoms with Gasteiger partial charge in [0.15, 0.2) is 0 Å². The molecular formula is C22H16N2O4. The van der Waals surface area contributed by atoms with Gasteiger partial charge in [0.1, 0.15) is 11.5 Å². The van der Waals surface area contributed by atoms with Crippen LogP contribution in [0, 0.1) is 0 Å². The van der Waals surface area contributed by atoms with E-state index < -0.39 is 0 Å². The molecule has 138 valence electrons. The Balaban J connectivity index is 1.59. The van der Waals surface area contributed by atoms with Crippen molar-refractivity contribution < 1.29 is 19.1 Å². The van der Waals surface area contributed by atoms with E-state index in [4.69, 9.17) is 4.74 Å². The van der Waals surface area contributed by atoms with Crippen molar-refractivity contribution >= 4 is 23.4 Å². The second-order valence-electron chi connectivity index (χ2n) is 6.30. The highest BCUT2D eigenvalue weighted by atomic mass is 16.5. The van der Waals surface area contributed by atoms with Crippen LogP contribution in [0.25, 0.3) is 0 Å². The summed E-state index contributed by atoms with van der Waals surface area (Å²) in [6.45, 7) is 0. The van der Waals surface area contributed by atoms with Gasteiger partial charge in [0.2, 0.25) is 0 Å². The minimum atomic E-state index is -0.385. The first kappa shape index (κ1) is 17.5. The summed E-state index contributed by atoms with van der Waals surface area (Å²) >= 11 is 0. The van der Waals surface area contributed by atoms with Crippen LogP contribution in [-0.4, -0.2) is 29.7 Å². The molecule has 6 nitrogen and oxygen atoms in total. The third kappa shape index (κ3) is 3.12. The highest BCUT2D eigenvalue weighted by molar-refractivity contribution is 6.21. The first-order valence-corrected chi connectivity index (χ1v) is 8.64. The fraction of sp³-hybridized carbons (Fsp3) is 0.0455. The zero-order valence-electron chi connectivity index (χ0n) is 15.0. The van der Waals surface area contributed by atoms with E-state index in [0.29, 0.717) is 28.3 Å². The smallest absolute Gasteiger partial charge is 0.261 e. The lowest BCUT2D eigenvalue weighted by Gasteiger charge is -2.11. The third-order valence-corrected chi connectivity index (χ3v) is 4.45. The molecule has 0 fully saturated rings. The molecule has 0 radical (unpaired) electrons. The van der Waals surface area contributed by atoms with Gasteiger partial charge < -0.3 is 10.1 Å². The van der Waals surface area contributed by atoms with Crippen molar-refractivity contribution in [2.45, 2.75) is 0 Å². The van der Waals surface area contributed by atoms with E-state index >= 15 is 0 Å². The molecule has 0 atom stereocenters. The zero-order valence-corrected chi connectivity index (χ0v) is 15.0. The van der Waals surface area contributed by atoms with E-state index in [9.17, 15) is 14.4 Å². The van der Waals surface area contributed by atoms with Gasteiger partial charge in [0, 0.05) is 12.7 Å². The molecule has 1 aliphatic heterocycles. The van der Waals surface area contributed by atoms with Gasteiger partial charge in [-0.1, -0.05) is 30.3 Å². The lowest BCUT2D eigenvalue weighted by Crippen LogP contribution is -2.24. The summed E-state index contributed by atoms with van der Waals surface area (Å²) in [5.74, 6) is -0.0780. The fourth-order valence-electron chi connectivity index (χ4n) is 3.00. The number of carbonyl (C=O) groups excluding carboxylic acids is 3. The average molecular weight is 372 g/mol. The molecule has 0 saturated heterocycles. The van der Waals surface area contributed by atoms with Gasteiger partial charge in [0.05, 0.1) is 16.7 Å². The Labute approximate surface area is 161 Å². The minimum absolute atomic E-state index is 0.277. The van der Waals surface area contributed by atoms with Crippen LogP contribution in [-0.2, 0) is 0 Å². The third-order valence-electron chi connectivity index (χ3n) is 4.45. The topological polar surface area (TPSA) is 75.7 Å². The summed E-state index contributed by atoms with van der Waals surface area (Å²) in [6, 6.07) is 20.7. The van der Waals surface area contributed by atoms with Gasteiger partial charge in [-0.2, -0.15) is 0 Å². The highest BCUT2D eigenvalue weighted by Gasteiger charge is 2.32. The van der Waals surface area contributed by atoms with Crippen LogP contribution >= 0.6 is 0 Å². The van der Waals surface area contributed by atoms with Crippen molar-refractivity contribution in [1.82, 2.24) is 4.90 Å². The highest BCUT2D eigenvalue weighted by Crippen LogP contribution is 2.28. The predicted molar refractivity (Wildman–Crippen MR) is 104 cm³/mol. The molecule has 4 rings (SSSR count). The second kappa shape index (κ2) is 7.00. The Morgan fingerprint density at radius 1 is 0.857 bits per heavy atom. The summed E-state index contributed by atoms with van der Waals surface area (Å²) in [4.78, 5) is 38.0. The Morgan fingerprint density at radius 2 is 1.54 bits per heavy atom. The molecule has 1 heterocycles. The number of nitrogens with one attached hydrogen (secondary N) is 1. The van der Waals surface area contributed by atoms with Crippen LogP contribution in [0.15, 0.2) is 72.8 Å². The lowest BCUT2D eigenvalue weighted by molar-refractivity contribution is 0.0692. The molecule has 3 aromatic rings. The predicted octanol–water partition coefficient (Wildman–Crippen LogP) is 3.96. The maximum absolute atomic E-state index is 12.8. The van der Waals surface area contributed by atoms with Crippen molar-refractivity contribution in [3.05, 3.63) is 89.5 Å². The summed E-state index contributed by atoms with van der Waals surface area (Å²) in [6.07, 6.45) is 0. The molecule has 3 amide bonds. The summed E-state index contributed by atoms with van der Waals surface area (Å²) in [7, 11) is 1.43. The number of anilines is 1. The van der Waals surface area contributed by atoms with Crippen molar-refractivity contribution in [2.75, 3.05) is 12.4 Å². The monoisotopic (exact) mass is 372 g/mol. The minimum Gasteiger partial charge on any atom is -0.457 e. The summed E-state index contributed by atoms with van der Waals surface area (Å²) in [5, 5.41) is 2.76. The number of ether oxygens (including phenoxy) is 1. The molecule has 0 spiro atoms. The SMILES string of the molecule is CN1C(=O)c2ccc(NC(=O)c3ccccc3Oc3ccccc3)cc2C1=O. The van der Waals surface area contributed by atoms with Crippen molar-refractivity contribution in [2.24, 2.45) is 0 Å². The number of hydrogen-bond donors (Lipinski definition) is 1. The fourth-order valence-corrected chi connectivity index (χ4v) is 3.00. The average Bonchev–Trinajstić information content (AvgIpc) is 2.93. The number of carbonyl (C=O) groups is 3. The Morgan fingerprint density at radius 3 is 2.32 bits per heavy atom. The number of benzene rings is 3. The molecule has 0 saturated carbocycles. The standard InChI is InChI=1S/C22H16N2O4/c1-24-21(26)16-12-11-14(13-18(16)22(24)27)23-20(25)17-9-5-6-10-19(17)28-15-7-3-2-4-8-15/h2-13H,1H3,(H,23,25). The molecule has 1 aliphatic rings. The first-order chi connectivity index (χ1) is 13.5. The van der Waals surface area contributed by atoms with E-state index in [0.717, 1.165) is 4.90 Å².